The van der Waals surface area contributed by atoms with E-state index in [4.69, 9.17) is 14.2 Å². The van der Waals surface area contributed by atoms with Crippen molar-refractivity contribution in [3.05, 3.63) is 100 Å². The smallest absolute Gasteiger partial charge is 0.350 e. The number of allylic oxidation sites excluding steroid dienone is 1. The Kier molecular flexibility index (Phi) is 9.93. The Balaban J connectivity index is 1.82. The van der Waals surface area contributed by atoms with Crippen LogP contribution in [0.5, 0.6) is 11.5 Å². The molecule has 0 spiro atoms. The van der Waals surface area contributed by atoms with E-state index in [2.05, 4.69) is 11.6 Å². The Bertz CT molecular complexity index is 1540. The number of carbonyl (C=O) groups excluding carboxylic acids is 3. The molecule has 0 bridgehead atoms. The van der Waals surface area contributed by atoms with E-state index in [9.17, 15) is 19.5 Å². The van der Waals surface area contributed by atoms with Gasteiger partial charge in [-0.2, -0.15) is 0 Å². The van der Waals surface area contributed by atoms with Crippen molar-refractivity contribution < 1.29 is 33.7 Å². The van der Waals surface area contributed by atoms with Crippen molar-refractivity contribution >= 4 is 40.2 Å². The third-order valence-corrected chi connectivity index (χ3v) is 7.39. The molecule has 3 aromatic rings. The predicted octanol–water partition coefficient (Wildman–Crippen LogP) is 6.16. The molecule has 1 N–H and O–H groups in total. The molecular formula is C32H32N2O7S. The summed E-state index contributed by atoms with van der Waals surface area (Å²) >= 11 is 0.934. The maximum Gasteiger partial charge on any atom is 0.350 e. The minimum Gasteiger partial charge on any atom is -0.503 e. The Labute approximate surface area is 248 Å². The van der Waals surface area contributed by atoms with Crippen LogP contribution < -0.4 is 14.4 Å². The number of thiazole rings is 1. The van der Waals surface area contributed by atoms with Gasteiger partial charge < -0.3 is 19.3 Å². The first kappa shape index (κ1) is 30.3. The van der Waals surface area contributed by atoms with Crippen LogP contribution in [0.25, 0.3) is 6.08 Å². The first-order valence-electron chi connectivity index (χ1n) is 13.5. The molecule has 0 aliphatic carbocycles. The maximum atomic E-state index is 13.6. The number of amides is 1. The molecule has 0 radical (unpaired) electrons. The molecule has 4 rings (SSSR count). The first-order valence-corrected chi connectivity index (χ1v) is 14.3. The summed E-state index contributed by atoms with van der Waals surface area (Å²) in [6, 6.07) is 13.2. The Morgan fingerprint density at radius 2 is 1.88 bits per heavy atom. The van der Waals surface area contributed by atoms with Gasteiger partial charge in [-0.3, -0.25) is 14.5 Å². The lowest BCUT2D eigenvalue weighted by Crippen LogP contribution is -2.31. The lowest BCUT2D eigenvalue weighted by atomic mass is 9.95. The minimum atomic E-state index is -1.06. The van der Waals surface area contributed by atoms with Crippen LogP contribution in [-0.2, 0) is 14.3 Å². The summed E-state index contributed by atoms with van der Waals surface area (Å²) in [6.07, 6.45) is 5.17. The van der Waals surface area contributed by atoms with Crippen LogP contribution in [0, 0.1) is 6.92 Å². The van der Waals surface area contributed by atoms with E-state index in [1.807, 2.05) is 44.2 Å². The fourth-order valence-corrected chi connectivity index (χ4v) is 5.35. The van der Waals surface area contributed by atoms with Crippen LogP contribution >= 0.6 is 11.3 Å². The largest absolute Gasteiger partial charge is 0.503 e. The van der Waals surface area contributed by atoms with Crippen LogP contribution in [0.15, 0.2) is 78.6 Å². The summed E-state index contributed by atoms with van der Waals surface area (Å²) in [7, 11) is 0. The first-order chi connectivity index (χ1) is 20.3. The zero-order chi connectivity index (χ0) is 30.2. The van der Waals surface area contributed by atoms with Gasteiger partial charge in [0.1, 0.15) is 11.5 Å². The Hall–Kier alpha value is -4.70. The summed E-state index contributed by atoms with van der Waals surface area (Å²) in [5.74, 6) is -1.75. The highest BCUT2D eigenvalue weighted by molar-refractivity contribution is 7.17. The van der Waals surface area contributed by atoms with Gasteiger partial charge in [-0.25, -0.2) is 9.78 Å². The van der Waals surface area contributed by atoms with Gasteiger partial charge in [0.25, 0.3) is 5.91 Å². The number of rotatable bonds is 13. The van der Waals surface area contributed by atoms with Gasteiger partial charge in [0.05, 0.1) is 30.5 Å². The molecule has 2 aromatic carbocycles. The van der Waals surface area contributed by atoms with E-state index >= 15 is 0 Å². The Morgan fingerprint density at radius 3 is 2.57 bits per heavy atom. The van der Waals surface area contributed by atoms with Gasteiger partial charge in [-0.1, -0.05) is 73.4 Å². The summed E-state index contributed by atoms with van der Waals surface area (Å²) in [4.78, 5) is 45.7. The van der Waals surface area contributed by atoms with Gasteiger partial charge >= 0.3 is 5.97 Å². The monoisotopic (exact) mass is 588 g/mol. The number of hydrogen-bond donors (Lipinski definition) is 1. The molecule has 218 valence electrons. The van der Waals surface area contributed by atoms with Crippen LogP contribution in [0.1, 0.15) is 52.8 Å². The molecular weight excluding hydrogens is 556 g/mol. The zero-order valence-electron chi connectivity index (χ0n) is 23.7. The number of ketones is 1. The predicted molar refractivity (Wildman–Crippen MR) is 161 cm³/mol. The standard InChI is InChI=1S/C32H32N2O7S/c1-5-17-40-24-16-14-22(19-25(24)39-7-3)27-26(23(35)15-13-21-11-9-8-10-12-21)28(36)30(37)34(27)32-33-20(4)29(42-32)31(38)41-18-6-2/h6,8-16,19,27,36H,2,5,7,17-18H2,1,3-4H3/b15-13+. The van der Waals surface area contributed by atoms with Crippen LogP contribution in [0.4, 0.5) is 5.13 Å². The van der Waals surface area contributed by atoms with E-state index in [-0.39, 0.29) is 22.2 Å². The van der Waals surface area contributed by atoms with E-state index in [0.717, 1.165) is 23.3 Å². The minimum absolute atomic E-state index is 0.0121. The fraction of sp³-hybridized carbons (Fsp3) is 0.250. The number of nitrogens with zero attached hydrogens (tertiary/aromatic N) is 2. The number of ether oxygens (including phenoxy) is 3. The highest BCUT2D eigenvalue weighted by atomic mass is 32.1. The van der Waals surface area contributed by atoms with Gasteiger partial charge in [0.15, 0.2) is 28.2 Å². The number of carbonyl (C=O) groups is 3. The summed E-state index contributed by atoms with van der Waals surface area (Å²) in [5, 5.41) is 11.2. The topological polar surface area (TPSA) is 115 Å². The molecule has 1 aliphatic rings. The van der Waals surface area contributed by atoms with Crippen molar-refractivity contribution in [2.45, 2.75) is 33.2 Å². The van der Waals surface area contributed by atoms with Crippen LogP contribution in [-0.4, -0.2) is 47.6 Å². The Morgan fingerprint density at radius 1 is 1.12 bits per heavy atom. The third kappa shape index (κ3) is 6.44. The number of hydrogen-bond acceptors (Lipinski definition) is 9. The van der Waals surface area contributed by atoms with Gasteiger partial charge in [-0.15, -0.1) is 0 Å². The molecule has 1 aliphatic heterocycles. The van der Waals surface area contributed by atoms with E-state index in [0.29, 0.717) is 36.0 Å². The van der Waals surface area contributed by atoms with Gasteiger partial charge in [0, 0.05) is 0 Å². The van der Waals surface area contributed by atoms with Crippen molar-refractivity contribution in [1.82, 2.24) is 4.98 Å². The average Bonchev–Trinajstić information content (AvgIpc) is 3.50. The maximum absolute atomic E-state index is 13.6. The molecule has 1 aromatic heterocycles. The van der Waals surface area contributed by atoms with E-state index in [1.54, 1.807) is 31.2 Å². The third-order valence-electron chi connectivity index (χ3n) is 6.25. The van der Waals surface area contributed by atoms with Crippen molar-refractivity contribution in [3.8, 4) is 11.5 Å². The second-order valence-corrected chi connectivity index (χ2v) is 10.2. The molecule has 1 amide bonds. The number of aliphatic hydroxyl groups excluding tert-OH is 1. The summed E-state index contributed by atoms with van der Waals surface area (Å²) in [5.41, 5.74) is 1.48. The SMILES string of the molecule is C=CCOC(=O)c1sc(N2C(=O)C(O)=C(C(=O)/C=C/c3ccccc3)C2c2ccc(OCCC)c(OCC)c2)nc1C. The second kappa shape index (κ2) is 13.8. The average molecular weight is 589 g/mol. The van der Waals surface area contributed by atoms with E-state index < -0.39 is 29.5 Å². The molecule has 42 heavy (non-hydrogen) atoms. The molecule has 9 nitrogen and oxygen atoms in total. The number of esters is 1. The normalized spacial score (nSPS) is 14.9. The van der Waals surface area contributed by atoms with Crippen molar-refractivity contribution in [2.24, 2.45) is 0 Å². The molecule has 10 heteroatoms. The second-order valence-electron chi connectivity index (χ2n) is 9.23. The highest BCUT2D eigenvalue weighted by Gasteiger charge is 2.45. The number of benzene rings is 2. The molecule has 1 unspecified atom stereocenters. The highest BCUT2D eigenvalue weighted by Crippen LogP contribution is 2.45. The van der Waals surface area contributed by atoms with Gasteiger partial charge in [-0.05, 0) is 49.6 Å². The fourth-order valence-electron chi connectivity index (χ4n) is 4.36. The lowest BCUT2D eigenvalue weighted by molar-refractivity contribution is -0.117. The molecule has 0 saturated heterocycles. The van der Waals surface area contributed by atoms with Crippen molar-refractivity contribution in [3.63, 3.8) is 0 Å². The van der Waals surface area contributed by atoms with E-state index in [1.165, 1.54) is 17.1 Å². The molecule has 2 heterocycles. The number of aryl methyl sites for hydroxylation is 1. The van der Waals surface area contributed by atoms with Crippen molar-refractivity contribution in [1.29, 1.82) is 0 Å². The number of anilines is 1. The summed E-state index contributed by atoms with van der Waals surface area (Å²) < 4.78 is 16.8. The summed E-state index contributed by atoms with van der Waals surface area (Å²) in [6.45, 7) is 9.84. The zero-order valence-corrected chi connectivity index (χ0v) is 24.5. The van der Waals surface area contributed by atoms with Crippen molar-refractivity contribution in [2.75, 3.05) is 24.7 Å². The quantitative estimate of drug-likeness (QED) is 0.143. The number of aliphatic hydroxyl groups is 1. The molecule has 0 saturated carbocycles. The molecule has 1 atom stereocenters. The van der Waals surface area contributed by atoms with Crippen LogP contribution in [0.2, 0.25) is 0 Å². The van der Waals surface area contributed by atoms with Crippen LogP contribution in [0.3, 0.4) is 0 Å². The van der Waals surface area contributed by atoms with Gasteiger partial charge in [0.2, 0.25) is 0 Å². The number of aromatic nitrogens is 1. The molecule has 0 fully saturated rings. The lowest BCUT2D eigenvalue weighted by Gasteiger charge is -2.25.